The van der Waals surface area contributed by atoms with E-state index in [1.165, 1.54) is 4.52 Å². The second kappa shape index (κ2) is 5.69. The average Bonchev–Trinajstić information content (AvgIpc) is 2.83. The predicted molar refractivity (Wildman–Crippen MR) is 80.7 cm³/mol. The minimum Gasteiger partial charge on any atom is -0.345 e. The topological polar surface area (TPSA) is 85.1 Å². The molecule has 0 aromatic carbocycles. The van der Waals surface area contributed by atoms with Crippen molar-refractivity contribution >= 4 is 23.2 Å². The molecule has 1 N–H and O–H groups in total. The van der Waals surface area contributed by atoms with Crippen molar-refractivity contribution in [1.82, 2.24) is 29.9 Å². The number of hydrogen-bond donors (Lipinski definition) is 1. The zero-order valence-corrected chi connectivity index (χ0v) is 12.8. The number of hydrogen-bond acceptors (Lipinski definition) is 5. The van der Waals surface area contributed by atoms with Crippen molar-refractivity contribution < 1.29 is 4.79 Å². The van der Waals surface area contributed by atoms with Gasteiger partial charge < -0.3 is 5.32 Å². The summed E-state index contributed by atoms with van der Waals surface area (Å²) in [4.78, 5) is 24.7. The normalized spacial score (nSPS) is 10.9. The van der Waals surface area contributed by atoms with Crippen LogP contribution in [-0.2, 0) is 6.54 Å². The van der Waals surface area contributed by atoms with Gasteiger partial charge in [0.25, 0.3) is 5.91 Å². The van der Waals surface area contributed by atoms with Crippen molar-refractivity contribution in [3.63, 3.8) is 0 Å². The van der Waals surface area contributed by atoms with Crippen molar-refractivity contribution in [1.29, 1.82) is 0 Å². The lowest BCUT2D eigenvalue weighted by Gasteiger charge is -2.02. The van der Waals surface area contributed by atoms with E-state index in [4.69, 9.17) is 11.6 Å². The molecule has 3 aromatic rings. The highest BCUT2D eigenvalue weighted by Gasteiger charge is 2.18. The van der Waals surface area contributed by atoms with Crippen LogP contribution >= 0.6 is 11.6 Å². The van der Waals surface area contributed by atoms with Crippen molar-refractivity contribution in [3.05, 3.63) is 52.5 Å². The van der Waals surface area contributed by atoms with Gasteiger partial charge in [-0.3, -0.25) is 14.8 Å². The van der Waals surface area contributed by atoms with Gasteiger partial charge >= 0.3 is 0 Å². The highest BCUT2D eigenvalue weighted by Crippen LogP contribution is 2.20. The quantitative estimate of drug-likeness (QED) is 0.795. The van der Waals surface area contributed by atoms with Gasteiger partial charge in [-0.2, -0.15) is 5.10 Å². The molecule has 3 rings (SSSR count). The van der Waals surface area contributed by atoms with E-state index in [1.54, 1.807) is 24.8 Å². The number of aromatic nitrogens is 5. The number of halogens is 1. The first-order valence-electron chi connectivity index (χ1n) is 6.61. The Labute approximate surface area is 131 Å². The number of carbonyl (C=O) groups is 1. The van der Waals surface area contributed by atoms with Crippen molar-refractivity contribution in [3.8, 4) is 0 Å². The van der Waals surface area contributed by atoms with Crippen molar-refractivity contribution in [2.24, 2.45) is 0 Å². The fourth-order valence-corrected chi connectivity index (χ4v) is 2.17. The number of nitrogens with zero attached hydrogens (tertiary/aromatic N) is 5. The highest BCUT2D eigenvalue weighted by molar-refractivity contribution is 6.36. The lowest BCUT2D eigenvalue weighted by atomic mass is 10.3. The SMILES string of the molecule is Cc1cnc2c(Cl)c(C(=O)NCc3cnc(C)cn3)nn2c1. The maximum atomic E-state index is 12.2. The Morgan fingerprint density at radius 3 is 2.77 bits per heavy atom. The molecule has 0 saturated carbocycles. The Morgan fingerprint density at radius 2 is 2.05 bits per heavy atom. The van der Waals surface area contributed by atoms with Crippen LogP contribution < -0.4 is 5.32 Å². The molecule has 22 heavy (non-hydrogen) atoms. The minimum absolute atomic E-state index is 0.139. The van der Waals surface area contributed by atoms with Crippen LogP contribution in [0.2, 0.25) is 5.02 Å². The molecule has 1 amide bonds. The van der Waals surface area contributed by atoms with Gasteiger partial charge in [0.1, 0.15) is 5.02 Å². The summed E-state index contributed by atoms with van der Waals surface area (Å²) in [6.45, 7) is 3.99. The summed E-state index contributed by atoms with van der Waals surface area (Å²) >= 11 is 6.17. The summed E-state index contributed by atoms with van der Waals surface area (Å²) in [6.07, 6.45) is 6.70. The van der Waals surface area contributed by atoms with E-state index in [0.717, 1.165) is 11.3 Å². The van der Waals surface area contributed by atoms with E-state index in [0.29, 0.717) is 11.3 Å². The maximum Gasteiger partial charge on any atom is 0.273 e. The molecule has 0 bridgehead atoms. The van der Waals surface area contributed by atoms with Crippen LogP contribution in [0.4, 0.5) is 0 Å². The molecular weight excluding hydrogens is 304 g/mol. The minimum atomic E-state index is -0.379. The molecule has 7 nitrogen and oxygen atoms in total. The summed E-state index contributed by atoms with van der Waals surface area (Å²) < 4.78 is 1.50. The van der Waals surface area contributed by atoms with E-state index in [-0.39, 0.29) is 23.2 Å². The van der Waals surface area contributed by atoms with Gasteiger partial charge in [0.15, 0.2) is 11.3 Å². The number of amides is 1. The molecule has 0 unspecified atom stereocenters. The largest absolute Gasteiger partial charge is 0.345 e. The van der Waals surface area contributed by atoms with Crippen LogP contribution in [-0.4, -0.2) is 30.5 Å². The molecule has 0 fully saturated rings. The van der Waals surface area contributed by atoms with Gasteiger partial charge in [-0.05, 0) is 19.4 Å². The van der Waals surface area contributed by atoms with Gasteiger partial charge in [0.05, 0.1) is 24.1 Å². The zero-order valence-electron chi connectivity index (χ0n) is 12.0. The van der Waals surface area contributed by atoms with Crippen LogP contribution in [0.15, 0.2) is 24.8 Å². The molecule has 0 aliphatic carbocycles. The first-order valence-corrected chi connectivity index (χ1v) is 6.98. The van der Waals surface area contributed by atoms with E-state index >= 15 is 0 Å². The third-order valence-corrected chi connectivity index (χ3v) is 3.37. The second-order valence-corrected chi connectivity index (χ2v) is 5.27. The first-order chi connectivity index (χ1) is 10.5. The molecule has 3 heterocycles. The van der Waals surface area contributed by atoms with Gasteiger partial charge in [-0.1, -0.05) is 11.6 Å². The summed E-state index contributed by atoms with van der Waals surface area (Å²) in [6, 6.07) is 0. The summed E-state index contributed by atoms with van der Waals surface area (Å²) in [7, 11) is 0. The van der Waals surface area contributed by atoms with E-state index in [2.05, 4.69) is 25.4 Å². The summed E-state index contributed by atoms with van der Waals surface area (Å²) in [5, 5.41) is 7.12. The molecule has 0 aliphatic rings. The third kappa shape index (κ3) is 2.75. The number of nitrogens with one attached hydrogen (secondary N) is 1. The molecule has 0 spiro atoms. The Hall–Kier alpha value is -2.54. The van der Waals surface area contributed by atoms with E-state index < -0.39 is 0 Å². The van der Waals surface area contributed by atoms with Crippen LogP contribution in [0.1, 0.15) is 27.4 Å². The molecular formula is C14H13ClN6O. The predicted octanol–water partition coefficient (Wildman–Crippen LogP) is 1.72. The fraction of sp³-hybridized carbons (Fsp3) is 0.214. The number of carbonyl (C=O) groups excluding carboxylic acids is 1. The lowest BCUT2D eigenvalue weighted by Crippen LogP contribution is -2.24. The van der Waals surface area contributed by atoms with Crippen molar-refractivity contribution in [2.75, 3.05) is 0 Å². The maximum absolute atomic E-state index is 12.2. The highest BCUT2D eigenvalue weighted by atomic mass is 35.5. The van der Waals surface area contributed by atoms with Crippen molar-refractivity contribution in [2.45, 2.75) is 20.4 Å². The Balaban J connectivity index is 1.80. The Morgan fingerprint density at radius 1 is 1.23 bits per heavy atom. The summed E-state index contributed by atoms with van der Waals surface area (Å²) in [5.74, 6) is -0.379. The van der Waals surface area contributed by atoms with Crippen LogP contribution in [0, 0.1) is 13.8 Å². The Bertz CT molecular complexity index is 842. The van der Waals surface area contributed by atoms with Gasteiger partial charge in [-0.15, -0.1) is 0 Å². The number of aryl methyl sites for hydroxylation is 2. The Kier molecular flexibility index (Phi) is 3.72. The molecule has 3 aromatic heterocycles. The summed E-state index contributed by atoms with van der Waals surface area (Å²) in [5.41, 5.74) is 2.99. The standard InChI is InChI=1S/C14H13ClN6O/c1-8-3-18-13-11(15)12(20-21(13)7-8)14(22)19-6-10-5-16-9(2)4-17-10/h3-5,7H,6H2,1-2H3,(H,19,22). The molecule has 0 radical (unpaired) electrons. The smallest absolute Gasteiger partial charge is 0.273 e. The van der Waals surface area contributed by atoms with Crippen LogP contribution in [0.5, 0.6) is 0 Å². The molecule has 0 atom stereocenters. The van der Waals surface area contributed by atoms with E-state index in [9.17, 15) is 4.79 Å². The van der Waals surface area contributed by atoms with Gasteiger partial charge in [-0.25, -0.2) is 9.50 Å². The fourth-order valence-electron chi connectivity index (χ4n) is 1.91. The monoisotopic (exact) mass is 316 g/mol. The van der Waals surface area contributed by atoms with Crippen LogP contribution in [0.3, 0.4) is 0 Å². The number of rotatable bonds is 3. The molecule has 8 heteroatoms. The third-order valence-electron chi connectivity index (χ3n) is 3.02. The second-order valence-electron chi connectivity index (χ2n) is 4.89. The van der Waals surface area contributed by atoms with E-state index in [1.807, 2.05) is 13.8 Å². The molecule has 0 aliphatic heterocycles. The number of fused-ring (bicyclic) bond motifs is 1. The van der Waals surface area contributed by atoms with Crippen LogP contribution in [0.25, 0.3) is 5.65 Å². The van der Waals surface area contributed by atoms with Gasteiger partial charge in [0.2, 0.25) is 0 Å². The first kappa shape index (κ1) is 14.4. The van der Waals surface area contributed by atoms with Gasteiger partial charge in [0, 0.05) is 18.6 Å². The average molecular weight is 317 g/mol. The molecule has 0 saturated heterocycles. The molecule has 112 valence electrons. The zero-order chi connectivity index (χ0) is 15.7. The lowest BCUT2D eigenvalue weighted by molar-refractivity contribution is 0.0945.